The zero-order chi connectivity index (χ0) is 9.80. The van der Waals surface area contributed by atoms with Gasteiger partial charge in [-0.2, -0.15) is 0 Å². The molecule has 0 aliphatic heterocycles. The topological polar surface area (TPSA) is 48.1 Å². The first-order chi connectivity index (χ1) is 6.92. The molecule has 1 heterocycles. The fraction of sp³-hybridized carbons (Fsp3) is 0.182. The van der Waals surface area contributed by atoms with Crippen LogP contribution in [-0.4, -0.2) is 18.1 Å². The summed E-state index contributed by atoms with van der Waals surface area (Å²) >= 11 is 0. The molecule has 1 aromatic heterocycles. The molecule has 16 heavy (non-hydrogen) atoms. The smallest absolute Gasteiger partial charge is 0.145 e. The second-order valence-electron chi connectivity index (χ2n) is 2.97. The summed E-state index contributed by atoms with van der Waals surface area (Å²) < 4.78 is 5.48. The van der Waals surface area contributed by atoms with Crippen molar-refractivity contribution in [3.05, 3.63) is 36.5 Å². The van der Waals surface area contributed by atoms with Crippen LogP contribution in [0.1, 0.15) is 0 Å². The standard InChI is InChI=1S/C11H12N2O.2ClH/c12-6-8-14-10-5-1-3-9-4-2-7-13-11(9)10;;/h1-5,7H,6,8,12H2;2*1H. The van der Waals surface area contributed by atoms with Crippen LogP contribution >= 0.6 is 24.8 Å². The Bertz CT molecular complexity index is 432. The zero-order valence-electron chi connectivity index (χ0n) is 8.63. The first-order valence-corrected chi connectivity index (χ1v) is 4.58. The van der Waals surface area contributed by atoms with Gasteiger partial charge in [-0.05, 0) is 12.1 Å². The van der Waals surface area contributed by atoms with Crippen molar-refractivity contribution < 1.29 is 4.74 Å². The van der Waals surface area contributed by atoms with Gasteiger partial charge in [-0.3, -0.25) is 4.98 Å². The lowest BCUT2D eigenvalue weighted by molar-refractivity contribution is 0.331. The predicted molar refractivity (Wildman–Crippen MR) is 70.8 cm³/mol. The van der Waals surface area contributed by atoms with E-state index in [1.165, 1.54) is 0 Å². The van der Waals surface area contributed by atoms with Crippen LogP contribution in [0.5, 0.6) is 5.75 Å². The summed E-state index contributed by atoms with van der Waals surface area (Å²) in [6, 6.07) is 9.80. The average Bonchev–Trinajstić information content (AvgIpc) is 2.26. The van der Waals surface area contributed by atoms with Gasteiger partial charge in [-0.25, -0.2) is 0 Å². The van der Waals surface area contributed by atoms with E-state index in [-0.39, 0.29) is 24.8 Å². The molecule has 0 saturated carbocycles. The number of ether oxygens (including phenoxy) is 1. The number of aromatic nitrogens is 1. The first kappa shape index (κ1) is 15.0. The molecule has 2 aromatic rings. The van der Waals surface area contributed by atoms with Gasteiger partial charge in [0.25, 0.3) is 0 Å². The second kappa shape index (κ2) is 7.28. The Kier molecular flexibility index (Phi) is 6.81. The fourth-order valence-electron chi connectivity index (χ4n) is 1.36. The van der Waals surface area contributed by atoms with E-state index in [9.17, 15) is 0 Å². The van der Waals surface area contributed by atoms with E-state index in [1.807, 2.05) is 30.3 Å². The van der Waals surface area contributed by atoms with Crippen molar-refractivity contribution in [2.24, 2.45) is 5.73 Å². The molecule has 0 fully saturated rings. The van der Waals surface area contributed by atoms with Crippen molar-refractivity contribution in [2.75, 3.05) is 13.2 Å². The number of nitrogens with zero attached hydrogens (tertiary/aromatic N) is 1. The van der Waals surface area contributed by atoms with Crippen molar-refractivity contribution in [3.8, 4) is 5.75 Å². The minimum Gasteiger partial charge on any atom is -0.490 e. The van der Waals surface area contributed by atoms with Gasteiger partial charge >= 0.3 is 0 Å². The highest BCUT2D eigenvalue weighted by atomic mass is 35.5. The first-order valence-electron chi connectivity index (χ1n) is 4.58. The molecule has 3 nitrogen and oxygen atoms in total. The molecule has 0 radical (unpaired) electrons. The highest BCUT2D eigenvalue weighted by Gasteiger charge is 2.00. The summed E-state index contributed by atoms with van der Waals surface area (Å²) in [7, 11) is 0. The van der Waals surface area contributed by atoms with Crippen molar-refractivity contribution >= 4 is 35.7 Å². The van der Waals surface area contributed by atoms with E-state index in [0.717, 1.165) is 16.7 Å². The minimum atomic E-state index is 0. The molecule has 0 aliphatic rings. The maximum absolute atomic E-state index is 5.48. The van der Waals surface area contributed by atoms with Gasteiger partial charge in [0.05, 0.1) is 0 Å². The molecule has 88 valence electrons. The fourth-order valence-corrected chi connectivity index (χ4v) is 1.36. The Balaban J connectivity index is 0.00000112. The number of benzene rings is 1. The number of pyridine rings is 1. The Morgan fingerprint density at radius 3 is 2.62 bits per heavy atom. The van der Waals surface area contributed by atoms with Crippen molar-refractivity contribution in [1.29, 1.82) is 0 Å². The molecule has 0 saturated heterocycles. The number of para-hydroxylation sites is 1. The molecule has 0 aliphatic carbocycles. The summed E-state index contributed by atoms with van der Waals surface area (Å²) in [6.07, 6.45) is 1.76. The normalized spacial score (nSPS) is 9.06. The SMILES string of the molecule is Cl.Cl.NCCOc1cccc2cccnc12. The largest absolute Gasteiger partial charge is 0.490 e. The van der Waals surface area contributed by atoms with E-state index >= 15 is 0 Å². The summed E-state index contributed by atoms with van der Waals surface area (Å²) in [6.45, 7) is 1.04. The number of fused-ring (bicyclic) bond motifs is 1. The van der Waals surface area contributed by atoms with Gasteiger partial charge in [0.15, 0.2) is 0 Å². The molecular formula is C11H14Cl2N2O. The van der Waals surface area contributed by atoms with Gasteiger partial charge in [0.2, 0.25) is 0 Å². The van der Waals surface area contributed by atoms with Crippen LogP contribution in [0.15, 0.2) is 36.5 Å². The molecule has 0 unspecified atom stereocenters. The van der Waals surface area contributed by atoms with E-state index in [4.69, 9.17) is 10.5 Å². The third-order valence-corrected chi connectivity index (χ3v) is 1.97. The Hall–Kier alpha value is -1.03. The summed E-state index contributed by atoms with van der Waals surface area (Å²) in [5, 5.41) is 1.09. The number of hydrogen-bond donors (Lipinski definition) is 1. The molecule has 0 bridgehead atoms. The predicted octanol–water partition coefficient (Wildman–Crippen LogP) is 2.42. The average molecular weight is 261 g/mol. The molecule has 0 atom stereocenters. The Morgan fingerprint density at radius 1 is 1.12 bits per heavy atom. The highest BCUT2D eigenvalue weighted by Crippen LogP contribution is 2.22. The van der Waals surface area contributed by atoms with E-state index < -0.39 is 0 Å². The quantitative estimate of drug-likeness (QED) is 0.922. The molecule has 2 N–H and O–H groups in total. The van der Waals surface area contributed by atoms with Crippen LogP contribution in [0.25, 0.3) is 10.9 Å². The van der Waals surface area contributed by atoms with Gasteiger partial charge in [0, 0.05) is 18.1 Å². The van der Waals surface area contributed by atoms with E-state index in [0.29, 0.717) is 13.2 Å². The molecule has 1 aromatic carbocycles. The van der Waals surface area contributed by atoms with Crippen LogP contribution in [0.3, 0.4) is 0 Å². The Labute approximate surface area is 107 Å². The van der Waals surface area contributed by atoms with Crippen LogP contribution in [0, 0.1) is 0 Å². The number of halogens is 2. The monoisotopic (exact) mass is 260 g/mol. The highest BCUT2D eigenvalue weighted by molar-refractivity contribution is 5.85. The lowest BCUT2D eigenvalue weighted by Gasteiger charge is -2.06. The zero-order valence-corrected chi connectivity index (χ0v) is 10.3. The molecule has 0 amide bonds. The molecule has 0 spiro atoms. The molecule has 5 heteroatoms. The number of hydrogen-bond acceptors (Lipinski definition) is 3. The van der Waals surface area contributed by atoms with Crippen LogP contribution in [-0.2, 0) is 0 Å². The van der Waals surface area contributed by atoms with E-state index in [1.54, 1.807) is 6.20 Å². The van der Waals surface area contributed by atoms with Crippen molar-refractivity contribution in [1.82, 2.24) is 4.98 Å². The Morgan fingerprint density at radius 2 is 1.88 bits per heavy atom. The van der Waals surface area contributed by atoms with E-state index in [2.05, 4.69) is 4.98 Å². The number of nitrogens with two attached hydrogens (primary N) is 1. The maximum atomic E-state index is 5.48. The maximum Gasteiger partial charge on any atom is 0.145 e. The van der Waals surface area contributed by atoms with Crippen LogP contribution in [0.2, 0.25) is 0 Å². The second-order valence-corrected chi connectivity index (χ2v) is 2.97. The molecular weight excluding hydrogens is 247 g/mol. The van der Waals surface area contributed by atoms with Gasteiger partial charge in [0.1, 0.15) is 17.9 Å². The third-order valence-electron chi connectivity index (χ3n) is 1.97. The summed E-state index contributed by atoms with van der Waals surface area (Å²) in [5.41, 5.74) is 6.27. The molecule has 2 rings (SSSR count). The van der Waals surface area contributed by atoms with Gasteiger partial charge in [-0.1, -0.05) is 18.2 Å². The summed E-state index contributed by atoms with van der Waals surface area (Å²) in [4.78, 5) is 4.27. The van der Waals surface area contributed by atoms with Crippen molar-refractivity contribution in [3.63, 3.8) is 0 Å². The number of rotatable bonds is 3. The lowest BCUT2D eigenvalue weighted by Crippen LogP contribution is -2.10. The minimum absolute atomic E-state index is 0. The third kappa shape index (κ3) is 3.23. The summed E-state index contributed by atoms with van der Waals surface area (Å²) in [5.74, 6) is 0.800. The lowest BCUT2D eigenvalue weighted by atomic mass is 10.2. The van der Waals surface area contributed by atoms with Crippen molar-refractivity contribution in [2.45, 2.75) is 0 Å². The van der Waals surface area contributed by atoms with Crippen LogP contribution in [0.4, 0.5) is 0 Å². The van der Waals surface area contributed by atoms with Gasteiger partial charge in [-0.15, -0.1) is 24.8 Å². The van der Waals surface area contributed by atoms with Crippen LogP contribution < -0.4 is 10.5 Å². The van der Waals surface area contributed by atoms with Gasteiger partial charge < -0.3 is 10.5 Å².